The topological polar surface area (TPSA) is 133 Å². The lowest BCUT2D eigenvalue weighted by molar-refractivity contribution is -0.158. The van der Waals surface area contributed by atoms with Gasteiger partial charge in [-0.05, 0) is 6.42 Å². The van der Waals surface area contributed by atoms with Crippen molar-refractivity contribution in [1.82, 2.24) is 0 Å². The molecule has 7 heteroatoms. The summed E-state index contributed by atoms with van der Waals surface area (Å²) in [6.45, 7) is -0.392. The number of aliphatic carboxylic acids is 1. The molecular formula is C7H12N2O5. The number of hydrogen-bond donors (Lipinski definition) is 3. The van der Waals surface area contributed by atoms with Crippen molar-refractivity contribution in [3.63, 3.8) is 0 Å². The van der Waals surface area contributed by atoms with E-state index in [4.69, 9.17) is 16.6 Å². The van der Waals surface area contributed by atoms with Crippen LogP contribution in [-0.2, 0) is 19.1 Å². The molecule has 0 fully saturated rings. The van der Waals surface area contributed by atoms with E-state index in [1.807, 2.05) is 0 Å². The minimum absolute atomic E-state index is 0.0774. The predicted octanol–water partition coefficient (Wildman–Crippen LogP) is -1.79. The quantitative estimate of drug-likeness (QED) is 0.355. The molecule has 0 aromatic rings. The molecule has 0 radical (unpaired) electrons. The Labute approximate surface area is 80.0 Å². The first kappa shape index (κ1) is 12.5. The Hall–Kier alpha value is -1.47. The summed E-state index contributed by atoms with van der Waals surface area (Å²) in [5.74, 6) is -2.88. The highest BCUT2D eigenvalue weighted by Gasteiger charge is 2.15. The molecule has 7 nitrogen and oxygen atoms in total. The number of hydrogen-bond acceptors (Lipinski definition) is 6. The molecule has 0 aromatic carbocycles. The van der Waals surface area contributed by atoms with Crippen molar-refractivity contribution in [2.24, 2.45) is 11.5 Å². The summed E-state index contributed by atoms with van der Waals surface area (Å²) in [7, 11) is 0. The van der Waals surface area contributed by atoms with Crippen LogP contribution in [0, 0.1) is 0 Å². The van der Waals surface area contributed by atoms with Crippen molar-refractivity contribution in [2.45, 2.75) is 18.9 Å². The summed E-state index contributed by atoms with van der Waals surface area (Å²) in [6.07, 6.45) is -0.300. The number of nitrogens with two attached hydrogens (primary N) is 2. The molecule has 0 saturated heterocycles. The molecule has 0 saturated carbocycles. The van der Waals surface area contributed by atoms with Crippen LogP contribution >= 0.6 is 0 Å². The molecule has 0 unspecified atom stereocenters. The third kappa shape index (κ3) is 5.22. The highest BCUT2D eigenvalue weighted by atomic mass is 16.6. The minimum atomic E-state index is -1.21. The van der Waals surface area contributed by atoms with E-state index in [0.717, 1.165) is 0 Å². The fraction of sp³-hybridized carbons (Fsp3) is 0.571. The Morgan fingerprint density at radius 2 is 1.86 bits per heavy atom. The van der Waals surface area contributed by atoms with Gasteiger partial charge >= 0.3 is 17.9 Å². The van der Waals surface area contributed by atoms with E-state index in [2.05, 4.69) is 4.74 Å². The Morgan fingerprint density at radius 3 is 2.29 bits per heavy atom. The second-order valence-corrected chi connectivity index (χ2v) is 2.53. The third-order valence-corrected chi connectivity index (χ3v) is 1.37. The van der Waals surface area contributed by atoms with Crippen LogP contribution in [0.3, 0.4) is 0 Å². The monoisotopic (exact) mass is 204 g/mol. The maximum absolute atomic E-state index is 10.8. The van der Waals surface area contributed by atoms with Crippen LogP contribution in [0.1, 0.15) is 12.8 Å². The molecule has 80 valence electrons. The average Bonchev–Trinajstić information content (AvgIpc) is 2.13. The lowest BCUT2D eigenvalue weighted by Crippen LogP contribution is -2.31. The standard InChI is InChI=1S/C7H12N2O5/c8-3-6(11)14-5(10)2-1-4(9)7(12)13/h4H,1-3,8-9H2,(H,12,13)/t4-/m0/s1. The van der Waals surface area contributed by atoms with Crippen molar-refractivity contribution in [2.75, 3.05) is 6.54 Å². The van der Waals surface area contributed by atoms with Gasteiger partial charge in [-0.3, -0.25) is 14.4 Å². The van der Waals surface area contributed by atoms with Gasteiger partial charge in [0.1, 0.15) is 6.04 Å². The highest BCUT2D eigenvalue weighted by molar-refractivity contribution is 5.86. The molecule has 0 heterocycles. The van der Waals surface area contributed by atoms with Crippen LogP contribution in [-0.4, -0.2) is 35.6 Å². The first-order chi connectivity index (χ1) is 6.47. The van der Waals surface area contributed by atoms with Gasteiger partial charge in [0.2, 0.25) is 0 Å². The zero-order valence-corrected chi connectivity index (χ0v) is 7.43. The largest absolute Gasteiger partial charge is 0.480 e. The Morgan fingerprint density at radius 1 is 1.29 bits per heavy atom. The van der Waals surface area contributed by atoms with Crippen LogP contribution in [0.25, 0.3) is 0 Å². The summed E-state index contributed by atoms with van der Waals surface area (Å²) >= 11 is 0. The van der Waals surface area contributed by atoms with E-state index >= 15 is 0 Å². The lowest BCUT2D eigenvalue weighted by atomic mass is 10.2. The molecule has 0 spiro atoms. The third-order valence-electron chi connectivity index (χ3n) is 1.37. The van der Waals surface area contributed by atoms with E-state index < -0.39 is 30.5 Å². The summed E-state index contributed by atoms with van der Waals surface area (Å²) < 4.78 is 4.18. The average molecular weight is 204 g/mol. The molecule has 0 aromatic heterocycles. The minimum Gasteiger partial charge on any atom is -0.480 e. The Bertz CT molecular complexity index is 240. The van der Waals surface area contributed by atoms with Crippen LogP contribution in [0.4, 0.5) is 0 Å². The van der Waals surface area contributed by atoms with Crippen LogP contribution in [0.2, 0.25) is 0 Å². The molecule has 5 N–H and O–H groups in total. The van der Waals surface area contributed by atoms with E-state index in [1.54, 1.807) is 0 Å². The number of carbonyl (C=O) groups excluding carboxylic acids is 2. The van der Waals surface area contributed by atoms with Gasteiger partial charge in [0.05, 0.1) is 6.54 Å². The lowest BCUT2D eigenvalue weighted by Gasteiger charge is -2.04. The van der Waals surface area contributed by atoms with E-state index in [1.165, 1.54) is 0 Å². The van der Waals surface area contributed by atoms with Gasteiger partial charge in [-0.25, -0.2) is 0 Å². The van der Waals surface area contributed by atoms with E-state index in [9.17, 15) is 14.4 Å². The van der Waals surface area contributed by atoms with E-state index in [-0.39, 0.29) is 12.8 Å². The SMILES string of the molecule is NCC(=O)OC(=O)CC[C@H](N)C(=O)O. The van der Waals surface area contributed by atoms with Gasteiger partial charge in [0.15, 0.2) is 0 Å². The molecule has 0 aliphatic rings. The van der Waals surface area contributed by atoms with Crippen molar-refractivity contribution in [3.8, 4) is 0 Å². The summed E-state index contributed by atoms with van der Waals surface area (Å²) in [4.78, 5) is 31.5. The molecule has 1 atom stereocenters. The number of esters is 2. The molecule has 0 rings (SSSR count). The summed E-state index contributed by atoms with van der Waals surface area (Å²) in [5.41, 5.74) is 9.99. The van der Waals surface area contributed by atoms with Crippen molar-refractivity contribution in [1.29, 1.82) is 0 Å². The van der Waals surface area contributed by atoms with Gasteiger partial charge in [-0.15, -0.1) is 0 Å². The van der Waals surface area contributed by atoms with Crippen molar-refractivity contribution in [3.05, 3.63) is 0 Å². The molecule has 14 heavy (non-hydrogen) atoms. The molecular weight excluding hydrogens is 192 g/mol. The van der Waals surface area contributed by atoms with E-state index in [0.29, 0.717) is 0 Å². The number of rotatable bonds is 5. The number of ether oxygens (including phenoxy) is 1. The Kier molecular flexibility index (Phi) is 5.42. The van der Waals surface area contributed by atoms with Gasteiger partial charge < -0.3 is 21.3 Å². The van der Waals surface area contributed by atoms with Gasteiger partial charge in [-0.2, -0.15) is 0 Å². The zero-order valence-electron chi connectivity index (χ0n) is 7.43. The first-order valence-corrected chi connectivity index (χ1v) is 3.89. The van der Waals surface area contributed by atoms with Crippen molar-refractivity contribution >= 4 is 17.9 Å². The fourth-order valence-corrected chi connectivity index (χ4v) is 0.616. The second-order valence-electron chi connectivity index (χ2n) is 2.53. The second kappa shape index (κ2) is 6.06. The Balaban J connectivity index is 3.74. The van der Waals surface area contributed by atoms with Crippen LogP contribution in [0.5, 0.6) is 0 Å². The molecule has 0 bridgehead atoms. The summed E-state index contributed by atoms with van der Waals surface area (Å²) in [6, 6.07) is -1.13. The van der Waals surface area contributed by atoms with Gasteiger partial charge in [0.25, 0.3) is 0 Å². The van der Waals surface area contributed by atoms with Crippen LogP contribution in [0.15, 0.2) is 0 Å². The maximum Gasteiger partial charge on any atom is 0.327 e. The number of carboxylic acids is 1. The van der Waals surface area contributed by atoms with Gasteiger partial charge in [0, 0.05) is 6.42 Å². The van der Waals surface area contributed by atoms with Crippen LogP contribution < -0.4 is 11.5 Å². The highest BCUT2D eigenvalue weighted by Crippen LogP contribution is 1.97. The predicted molar refractivity (Wildman–Crippen MR) is 45.0 cm³/mol. The van der Waals surface area contributed by atoms with Crippen molar-refractivity contribution < 1.29 is 24.2 Å². The molecule has 0 aliphatic carbocycles. The smallest absolute Gasteiger partial charge is 0.327 e. The normalized spacial score (nSPS) is 11.9. The molecule has 0 aliphatic heterocycles. The first-order valence-electron chi connectivity index (χ1n) is 3.89. The maximum atomic E-state index is 10.8. The van der Waals surface area contributed by atoms with Gasteiger partial charge in [-0.1, -0.05) is 0 Å². The number of carbonyl (C=O) groups is 3. The number of carboxylic acid groups (broad SMARTS) is 1. The summed E-state index contributed by atoms with van der Waals surface area (Å²) in [5, 5.41) is 8.36. The fourth-order valence-electron chi connectivity index (χ4n) is 0.616. The zero-order chi connectivity index (χ0) is 11.1. The molecule has 0 amide bonds.